The lowest BCUT2D eigenvalue weighted by Crippen LogP contribution is -2.44. The summed E-state index contributed by atoms with van der Waals surface area (Å²) in [7, 11) is 1.85. The fourth-order valence-corrected chi connectivity index (χ4v) is 3.09. The van der Waals surface area contributed by atoms with Crippen molar-refractivity contribution >= 4 is 12.1 Å². The molecule has 2 heterocycles. The van der Waals surface area contributed by atoms with Gasteiger partial charge in [-0.2, -0.15) is 5.10 Å². The molecule has 27 heavy (non-hydrogen) atoms. The summed E-state index contributed by atoms with van der Waals surface area (Å²) in [5.74, 6) is 0.852. The monoisotopic (exact) mass is 369 g/mol. The second kappa shape index (κ2) is 9.87. The smallest absolute Gasteiger partial charge is 0.317 e. The van der Waals surface area contributed by atoms with E-state index < -0.39 is 0 Å². The molecular weight excluding hydrogens is 342 g/mol. The van der Waals surface area contributed by atoms with Crippen LogP contribution in [0, 0.1) is 0 Å². The van der Waals surface area contributed by atoms with Crippen LogP contribution in [0.5, 0.6) is 0 Å². The summed E-state index contributed by atoms with van der Waals surface area (Å²) in [5, 5.41) is 7.03. The SMILES string of the molecule is Cn1ncnc1CCNC(=O)N(C/C=C/c1ccccc1)CC1CCCO1. The van der Waals surface area contributed by atoms with Gasteiger partial charge in [-0.25, -0.2) is 9.78 Å². The molecule has 7 heteroatoms. The highest BCUT2D eigenvalue weighted by Gasteiger charge is 2.21. The van der Waals surface area contributed by atoms with Crippen molar-refractivity contribution < 1.29 is 9.53 Å². The molecule has 1 aliphatic rings. The topological polar surface area (TPSA) is 72.3 Å². The molecule has 0 spiro atoms. The number of carbonyl (C=O) groups excluding carboxylic acids is 1. The van der Waals surface area contributed by atoms with Gasteiger partial charge in [0.15, 0.2) is 0 Å². The van der Waals surface area contributed by atoms with Crippen molar-refractivity contribution in [2.24, 2.45) is 7.05 Å². The minimum absolute atomic E-state index is 0.0784. The molecule has 1 fully saturated rings. The number of urea groups is 1. The van der Waals surface area contributed by atoms with Gasteiger partial charge < -0.3 is 15.0 Å². The van der Waals surface area contributed by atoms with Crippen LogP contribution in [0.1, 0.15) is 24.2 Å². The summed E-state index contributed by atoms with van der Waals surface area (Å²) in [5.41, 5.74) is 1.12. The molecule has 2 aromatic rings. The summed E-state index contributed by atoms with van der Waals surface area (Å²) in [6.07, 6.45) is 8.42. The van der Waals surface area contributed by atoms with Crippen LogP contribution in [0.4, 0.5) is 4.79 Å². The van der Waals surface area contributed by atoms with Crippen molar-refractivity contribution in [3.63, 3.8) is 0 Å². The van der Waals surface area contributed by atoms with E-state index in [-0.39, 0.29) is 12.1 Å². The van der Waals surface area contributed by atoms with Gasteiger partial charge in [-0.3, -0.25) is 4.68 Å². The zero-order valence-corrected chi connectivity index (χ0v) is 15.8. The fraction of sp³-hybridized carbons (Fsp3) is 0.450. The summed E-state index contributed by atoms with van der Waals surface area (Å²) in [6.45, 7) is 2.46. The molecule has 0 aliphatic carbocycles. The minimum Gasteiger partial charge on any atom is -0.376 e. The molecule has 0 bridgehead atoms. The molecule has 0 saturated carbocycles. The Kier molecular flexibility index (Phi) is 6.98. The molecule has 1 aliphatic heterocycles. The number of aromatic nitrogens is 3. The predicted octanol–water partition coefficient (Wildman–Crippen LogP) is 2.26. The lowest BCUT2D eigenvalue weighted by Gasteiger charge is -2.24. The van der Waals surface area contributed by atoms with E-state index in [4.69, 9.17) is 4.74 Å². The van der Waals surface area contributed by atoms with Gasteiger partial charge in [0.1, 0.15) is 12.2 Å². The van der Waals surface area contributed by atoms with Crippen LogP contribution in [0.2, 0.25) is 0 Å². The number of rotatable bonds is 8. The van der Waals surface area contributed by atoms with E-state index in [0.717, 1.165) is 30.8 Å². The largest absolute Gasteiger partial charge is 0.376 e. The van der Waals surface area contributed by atoms with Crippen LogP contribution in [0.3, 0.4) is 0 Å². The van der Waals surface area contributed by atoms with Gasteiger partial charge >= 0.3 is 6.03 Å². The molecule has 2 amide bonds. The third-order valence-corrected chi connectivity index (χ3v) is 4.60. The Morgan fingerprint density at radius 1 is 1.41 bits per heavy atom. The van der Waals surface area contributed by atoms with Crippen molar-refractivity contribution in [1.29, 1.82) is 0 Å². The number of hydrogen-bond donors (Lipinski definition) is 1. The maximum absolute atomic E-state index is 12.7. The van der Waals surface area contributed by atoms with Crippen LogP contribution in [-0.2, 0) is 18.2 Å². The van der Waals surface area contributed by atoms with Crippen molar-refractivity contribution in [3.05, 3.63) is 54.1 Å². The first-order valence-corrected chi connectivity index (χ1v) is 9.41. The maximum Gasteiger partial charge on any atom is 0.317 e. The minimum atomic E-state index is -0.0784. The van der Waals surface area contributed by atoms with Gasteiger partial charge in [0, 0.05) is 39.7 Å². The average Bonchev–Trinajstić information content (AvgIpc) is 3.34. The second-order valence-corrected chi connectivity index (χ2v) is 6.63. The first kappa shape index (κ1) is 19.1. The Labute approximate surface area is 160 Å². The van der Waals surface area contributed by atoms with E-state index in [1.54, 1.807) is 4.68 Å². The number of aryl methyl sites for hydroxylation is 1. The fourth-order valence-electron chi connectivity index (χ4n) is 3.09. The molecule has 3 rings (SSSR count). The Morgan fingerprint density at radius 2 is 2.26 bits per heavy atom. The van der Waals surface area contributed by atoms with Gasteiger partial charge in [0.25, 0.3) is 0 Å². The van der Waals surface area contributed by atoms with Gasteiger partial charge in [0.05, 0.1) is 6.10 Å². The van der Waals surface area contributed by atoms with Crippen molar-refractivity contribution in [3.8, 4) is 0 Å². The van der Waals surface area contributed by atoms with Crippen LogP contribution in [-0.4, -0.2) is 58.0 Å². The molecule has 1 atom stereocenters. The molecule has 144 valence electrons. The third kappa shape index (κ3) is 5.92. The summed E-state index contributed by atoms with van der Waals surface area (Å²) in [6, 6.07) is 10.0. The normalized spacial score (nSPS) is 16.7. The maximum atomic E-state index is 12.7. The lowest BCUT2D eigenvalue weighted by atomic mass is 10.2. The molecule has 1 saturated heterocycles. The van der Waals surface area contributed by atoms with E-state index in [9.17, 15) is 4.79 Å². The van der Waals surface area contributed by atoms with Gasteiger partial charge in [-0.1, -0.05) is 42.5 Å². The molecular formula is C20H27N5O2. The standard InChI is InChI=1S/C20H27N5O2/c1-24-19(22-16-23-24)11-12-21-20(26)25(15-18-10-6-14-27-18)13-5-9-17-7-3-2-4-8-17/h2-5,7-9,16,18H,6,10-15H2,1H3,(H,21,26)/b9-5+. The average molecular weight is 369 g/mol. The van der Waals surface area contributed by atoms with Crippen molar-refractivity contribution in [1.82, 2.24) is 25.0 Å². The molecule has 0 radical (unpaired) electrons. The number of amides is 2. The number of nitrogens with one attached hydrogen (secondary N) is 1. The molecule has 1 aromatic heterocycles. The highest BCUT2D eigenvalue weighted by atomic mass is 16.5. The summed E-state index contributed by atoms with van der Waals surface area (Å²) in [4.78, 5) is 18.7. The van der Waals surface area contributed by atoms with Crippen molar-refractivity contribution in [2.75, 3.05) is 26.2 Å². The molecule has 7 nitrogen and oxygen atoms in total. The quantitative estimate of drug-likeness (QED) is 0.775. The number of nitrogens with zero attached hydrogens (tertiary/aromatic N) is 4. The second-order valence-electron chi connectivity index (χ2n) is 6.63. The first-order valence-electron chi connectivity index (χ1n) is 9.41. The zero-order valence-electron chi connectivity index (χ0n) is 15.8. The summed E-state index contributed by atoms with van der Waals surface area (Å²) < 4.78 is 7.43. The van der Waals surface area contributed by atoms with Crippen molar-refractivity contribution in [2.45, 2.75) is 25.4 Å². The Balaban J connectivity index is 1.53. The number of carbonyl (C=O) groups is 1. The van der Waals surface area contributed by atoms with E-state index >= 15 is 0 Å². The summed E-state index contributed by atoms with van der Waals surface area (Å²) >= 11 is 0. The van der Waals surface area contributed by atoms with Gasteiger partial charge in [0.2, 0.25) is 0 Å². The van der Waals surface area contributed by atoms with E-state index in [2.05, 4.69) is 15.4 Å². The number of ether oxygens (including phenoxy) is 1. The molecule has 1 N–H and O–H groups in total. The zero-order chi connectivity index (χ0) is 18.9. The Bertz CT molecular complexity index is 738. The Morgan fingerprint density at radius 3 is 2.96 bits per heavy atom. The van der Waals surface area contributed by atoms with E-state index in [1.807, 2.05) is 54.4 Å². The Hall–Kier alpha value is -2.67. The number of hydrogen-bond acceptors (Lipinski definition) is 4. The van der Waals surface area contributed by atoms with Crippen LogP contribution >= 0.6 is 0 Å². The van der Waals surface area contributed by atoms with Crippen LogP contribution in [0.25, 0.3) is 6.08 Å². The molecule has 1 aromatic carbocycles. The van der Waals surface area contributed by atoms with Crippen LogP contribution in [0.15, 0.2) is 42.7 Å². The lowest BCUT2D eigenvalue weighted by molar-refractivity contribution is 0.0842. The van der Waals surface area contributed by atoms with Crippen LogP contribution < -0.4 is 5.32 Å². The van der Waals surface area contributed by atoms with E-state index in [1.165, 1.54) is 6.33 Å². The first-order chi connectivity index (χ1) is 13.2. The third-order valence-electron chi connectivity index (χ3n) is 4.60. The predicted molar refractivity (Wildman–Crippen MR) is 104 cm³/mol. The highest BCUT2D eigenvalue weighted by Crippen LogP contribution is 2.13. The van der Waals surface area contributed by atoms with Gasteiger partial charge in [-0.05, 0) is 18.4 Å². The number of benzene rings is 1. The highest BCUT2D eigenvalue weighted by molar-refractivity contribution is 5.74. The van der Waals surface area contributed by atoms with Gasteiger partial charge in [-0.15, -0.1) is 0 Å². The van der Waals surface area contributed by atoms with E-state index in [0.29, 0.717) is 26.1 Å². The molecule has 1 unspecified atom stereocenters.